The third-order valence-electron chi connectivity index (χ3n) is 6.17. The second kappa shape index (κ2) is 15.5. The summed E-state index contributed by atoms with van der Waals surface area (Å²) in [6.07, 6.45) is -3.55. The van der Waals surface area contributed by atoms with Gasteiger partial charge in [-0.2, -0.15) is 0 Å². The van der Waals surface area contributed by atoms with Crippen LogP contribution < -0.4 is 11.1 Å². The Morgan fingerprint density at radius 1 is 0.939 bits per heavy atom. The van der Waals surface area contributed by atoms with Crippen molar-refractivity contribution >= 4 is 0 Å². The molecule has 8 N–H and O–H groups in total. The summed E-state index contributed by atoms with van der Waals surface area (Å²) in [5.74, 6) is 0. The van der Waals surface area contributed by atoms with Gasteiger partial charge in [-0.1, -0.05) is 39.0 Å². The lowest BCUT2D eigenvalue weighted by molar-refractivity contribution is -0.336. The normalized spacial score (nSPS) is 37.4. The lowest BCUT2D eigenvalue weighted by Crippen LogP contribution is -2.64. The number of ether oxygens (including phenoxy) is 4. The SMILES string of the molecule is CCCCCCCCOC1C(CNCCN)OC(OC2[C@H](O)C(O)CO[C@@H]2CO)C(O)[C@H]1O. The summed E-state index contributed by atoms with van der Waals surface area (Å²) in [4.78, 5) is 0. The van der Waals surface area contributed by atoms with E-state index in [0.29, 0.717) is 26.2 Å². The Balaban J connectivity index is 1.98. The molecule has 11 nitrogen and oxygen atoms in total. The van der Waals surface area contributed by atoms with Crippen LogP contribution in [-0.2, 0) is 18.9 Å². The molecule has 0 bridgehead atoms. The fourth-order valence-electron chi connectivity index (χ4n) is 4.17. The van der Waals surface area contributed by atoms with Crippen LogP contribution in [-0.4, -0.2) is 120 Å². The Hall–Kier alpha value is -0.440. The number of nitrogens with one attached hydrogen (secondary N) is 1. The summed E-state index contributed by atoms with van der Waals surface area (Å²) < 4.78 is 22.9. The zero-order valence-corrected chi connectivity index (χ0v) is 19.6. The number of nitrogens with two attached hydrogens (primary N) is 1. The molecule has 6 unspecified atom stereocenters. The highest BCUT2D eigenvalue weighted by atomic mass is 16.7. The zero-order valence-electron chi connectivity index (χ0n) is 19.6. The molecule has 9 atom stereocenters. The number of hydrogen-bond acceptors (Lipinski definition) is 11. The van der Waals surface area contributed by atoms with E-state index in [2.05, 4.69) is 12.2 Å². The number of aliphatic hydroxyl groups excluding tert-OH is 5. The Bertz CT molecular complexity index is 516. The fourth-order valence-corrected chi connectivity index (χ4v) is 4.17. The average molecular weight is 481 g/mol. The summed E-state index contributed by atoms with van der Waals surface area (Å²) in [5, 5.41) is 54.4. The van der Waals surface area contributed by atoms with Crippen molar-refractivity contribution in [2.75, 3.05) is 39.5 Å². The lowest BCUT2D eigenvalue weighted by atomic mass is 9.97. The standard InChI is InChI=1S/C22H44N2O9/c1-2-3-4-5-6-7-10-30-20-15(11-24-9-8-23)32-22(19(29)18(20)28)33-21-16(12-25)31-13-14(26)17(21)27/h14-22,24-29H,2-13,23H2,1H3/t14?,15?,16-,17-,18-,19?,20?,21?,22?/m1/s1. The van der Waals surface area contributed by atoms with Gasteiger partial charge in [-0.05, 0) is 6.42 Å². The lowest BCUT2D eigenvalue weighted by Gasteiger charge is -2.45. The number of aliphatic hydroxyl groups is 5. The first-order chi connectivity index (χ1) is 15.9. The molecule has 2 saturated heterocycles. The van der Waals surface area contributed by atoms with Crippen LogP contribution in [0.3, 0.4) is 0 Å². The molecular weight excluding hydrogens is 436 g/mol. The molecule has 2 rings (SSSR count). The van der Waals surface area contributed by atoms with Crippen LogP contribution in [0, 0.1) is 0 Å². The van der Waals surface area contributed by atoms with E-state index in [9.17, 15) is 25.5 Å². The van der Waals surface area contributed by atoms with E-state index in [1.165, 1.54) is 19.3 Å². The van der Waals surface area contributed by atoms with Crippen molar-refractivity contribution < 1.29 is 44.5 Å². The van der Waals surface area contributed by atoms with Crippen molar-refractivity contribution in [2.24, 2.45) is 5.73 Å². The van der Waals surface area contributed by atoms with Gasteiger partial charge < -0.3 is 55.5 Å². The average Bonchev–Trinajstić information content (AvgIpc) is 2.81. The van der Waals surface area contributed by atoms with E-state index in [0.717, 1.165) is 19.3 Å². The second-order valence-electron chi connectivity index (χ2n) is 8.83. The molecule has 2 fully saturated rings. The molecule has 196 valence electrons. The maximum absolute atomic E-state index is 10.8. The van der Waals surface area contributed by atoms with Crippen LogP contribution >= 0.6 is 0 Å². The second-order valence-corrected chi connectivity index (χ2v) is 8.83. The van der Waals surface area contributed by atoms with Gasteiger partial charge in [0.2, 0.25) is 0 Å². The number of rotatable bonds is 15. The van der Waals surface area contributed by atoms with Gasteiger partial charge in [-0.3, -0.25) is 0 Å². The highest BCUT2D eigenvalue weighted by Gasteiger charge is 2.49. The molecule has 0 aromatic heterocycles. The molecule has 2 aliphatic rings. The van der Waals surface area contributed by atoms with E-state index in [-0.39, 0.29) is 6.61 Å². The van der Waals surface area contributed by atoms with Crippen LogP contribution in [0.4, 0.5) is 0 Å². The van der Waals surface area contributed by atoms with Gasteiger partial charge in [-0.15, -0.1) is 0 Å². The van der Waals surface area contributed by atoms with E-state index >= 15 is 0 Å². The van der Waals surface area contributed by atoms with Crippen molar-refractivity contribution in [3.05, 3.63) is 0 Å². The van der Waals surface area contributed by atoms with Crippen molar-refractivity contribution in [3.8, 4) is 0 Å². The summed E-state index contributed by atoms with van der Waals surface area (Å²) >= 11 is 0. The first-order valence-electron chi connectivity index (χ1n) is 12.2. The Labute approximate surface area is 196 Å². The smallest absolute Gasteiger partial charge is 0.187 e. The Morgan fingerprint density at radius 3 is 2.36 bits per heavy atom. The summed E-state index contributed by atoms with van der Waals surface area (Å²) in [5.41, 5.74) is 5.55. The maximum atomic E-state index is 10.8. The minimum Gasteiger partial charge on any atom is -0.394 e. The summed E-state index contributed by atoms with van der Waals surface area (Å²) in [6, 6.07) is 0. The van der Waals surface area contributed by atoms with Gasteiger partial charge in [-0.25, -0.2) is 0 Å². The highest BCUT2D eigenvalue weighted by molar-refractivity contribution is 4.94. The van der Waals surface area contributed by atoms with E-state index < -0.39 is 61.7 Å². The molecule has 0 aromatic rings. The first-order valence-corrected chi connectivity index (χ1v) is 12.2. The van der Waals surface area contributed by atoms with E-state index in [4.69, 9.17) is 24.7 Å². The third kappa shape index (κ3) is 8.62. The minimum atomic E-state index is -1.46. The van der Waals surface area contributed by atoms with Crippen molar-refractivity contribution in [3.63, 3.8) is 0 Å². The van der Waals surface area contributed by atoms with Crippen LogP contribution in [0.1, 0.15) is 45.4 Å². The summed E-state index contributed by atoms with van der Waals surface area (Å²) in [6.45, 7) is 3.25. The molecule has 2 heterocycles. The van der Waals surface area contributed by atoms with Gasteiger partial charge in [0.1, 0.15) is 48.8 Å². The summed E-state index contributed by atoms with van der Waals surface area (Å²) in [7, 11) is 0. The van der Waals surface area contributed by atoms with Crippen LogP contribution in [0.25, 0.3) is 0 Å². The highest BCUT2D eigenvalue weighted by Crippen LogP contribution is 2.28. The van der Waals surface area contributed by atoms with Gasteiger partial charge in [0, 0.05) is 26.2 Å². The van der Waals surface area contributed by atoms with Gasteiger partial charge in [0.05, 0.1) is 13.2 Å². The molecule has 2 aliphatic heterocycles. The molecule has 0 radical (unpaired) electrons. The zero-order chi connectivity index (χ0) is 24.2. The van der Waals surface area contributed by atoms with E-state index in [1.807, 2.05) is 0 Å². The fraction of sp³-hybridized carbons (Fsp3) is 1.00. The topological polar surface area (TPSA) is 176 Å². The Kier molecular flexibility index (Phi) is 13.6. The molecular formula is C22H44N2O9. The minimum absolute atomic E-state index is 0.150. The number of unbranched alkanes of at least 4 members (excludes halogenated alkanes) is 5. The largest absolute Gasteiger partial charge is 0.394 e. The first kappa shape index (κ1) is 28.8. The van der Waals surface area contributed by atoms with Crippen molar-refractivity contribution in [1.29, 1.82) is 0 Å². The predicted molar refractivity (Wildman–Crippen MR) is 119 cm³/mol. The molecule has 11 heteroatoms. The van der Waals surface area contributed by atoms with Gasteiger partial charge >= 0.3 is 0 Å². The monoisotopic (exact) mass is 480 g/mol. The van der Waals surface area contributed by atoms with Crippen molar-refractivity contribution in [1.82, 2.24) is 5.32 Å². The quantitative estimate of drug-likeness (QED) is 0.132. The van der Waals surface area contributed by atoms with E-state index in [1.54, 1.807) is 0 Å². The predicted octanol–water partition coefficient (Wildman–Crippen LogP) is -1.77. The van der Waals surface area contributed by atoms with Crippen LogP contribution in [0.2, 0.25) is 0 Å². The molecule has 0 aromatic carbocycles. The molecule has 0 spiro atoms. The molecule has 0 amide bonds. The third-order valence-corrected chi connectivity index (χ3v) is 6.17. The van der Waals surface area contributed by atoms with Crippen LogP contribution in [0.5, 0.6) is 0 Å². The molecule has 0 saturated carbocycles. The molecule has 33 heavy (non-hydrogen) atoms. The van der Waals surface area contributed by atoms with Crippen LogP contribution in [0.15, 0.2) is 0 Å². The van der Waals surface area contributed by atoms with Crippen molar-refractivity contribution in [2.45, 2.75) is 101 Å². The number of hydrogen-bond donors (Lipinski definition) is 7. The maximum Gasteiger partial charge on any atom is 0.187 e. The molecule has 0 aliphatic carbocycles. The van der Waals surface area contributed by atoms with Gasteiger partial charge in [0.25, 0.3) is 0 Å². The Morgan fingerprint density at radius 2 is 1.67 bits per heavy atom. The van der Waals surface area contributed by atoms with Gasteiger partial charge in [0.15, 0.2) is 6.29 Å².